The van der Waals surface area contributed by atoms with Crippen molar-refractivity contribution in [2.75, 3.05) is 7.11 Å². The Kier molecular flexibility index (Phi) is 4.93. The van der Waals surface area contributed by atoms with E-state index in [2.05, 4.69) is 4.98 Å². The van der Waals surface area contributed by atoms with Gasteiger partial charge < -0.3 is 9.84 Å². The fraction of sp³-hybridized carbons (Fsp3) is 0.714. The highest BCUT2D eigenvalue weighted by molar-refractivity contribution is 7.09. The van der Waals surface area contributed by atoms with Crippen molar-refractivity contribution in [1.82, 2.24) is 4.98 Å². The summed E-state index contributed by atoms with van der Waals surface area (Å²) < 4.78 is 5.82. The van der Waals surface area contributed by atoms with Crippen LogP contribution in [0.2, 0.25) is 0 Å². The Hall–Kier alpha value is -0.940. The summed E-state index contributed by atoms with van der Waals surface area (Å²) in [5, 5.41) is 11.7. The number of ether oxygens (including phenoxy) is 1. The highest BCUT2D eigenvalue weighted by Crippen LogP contribution is 2.40. The van der Waals surface area contributed by atoms with E-state index in [1.54, 1.807) is 18.4 Å². The monoisotopic (exact) mass is 283 g/mol. The van der Waals surface area contributed by atoms with Gasteiger partial charge in [-0.3, -0.25) is 4.79 Å². The SMILES string of the molecule is COC1(c2nc(CCC(=O)O)cs2)CCCCCC1. The van der Waals surface area contributed by atoms with E-state index in [4.69, 9.17) is 9.84 Å². The lowest BCUT2D eigenvalue weighted by molar-refractivity contribution is -0.136. The smallest absolute Gasteiger partial charge is 0.303 e. The van der Waals surface area contributed by atoms with Crippen LogP contribution < -0.4 is 0 Å². The Morgan fingerprint density at radius 1 is 1.42 bits per heavy atom. The van der Waals surface area contributed by atoms with E-state index < -0.39 is 5.97 Å². The molecule has 1 heterocycles. The number of thiazole rings is 1. The average Bonchev–Trinajstić information content (AvgIpc) is 2.74. The van der Waals surface area contributed by atoms with E-state index in [0.29, 0.717) is 6.42 Å². The summed E-state index contributed by atoms with van der Waals surface area (Å²) in [6.45, 7) is 0. The van der Waals surface area contributed by atoms with Crippen LogP contribution in [0.3, 0.4) is 0 Å². The number of methoxy groups -OCH3 is 1. The van der Waals surface area contributed by atoms with Crippen LogP contribution in [-0.4, -0.2) is 23.2 Å². The summed E-state index contributed by atoms with van der Waals surface area (Å²) in [6, 6.07) is 0. The lowest BCUT2D eigenvalue weighted by atomic mass is 9.95. The van der Waals surface area contributed by atoms with E-state index in [0.717, 1.165) is 23.5 Å². The zero-order valence-electron chi connectivity index (χ0n) is 11.4. The summed E-state index contributed by atoms with van der Waals surface area (Å²) in [5.41, 5.74) is 0.644. The van der Waals surface area contributed by atoms with Crippen LogP contribution in [0.4, 0.5) is 0 Å². The molecule has 4 nitrogen and oxygen atoms in total. The molecule has 0 amide bonds. The van der Waals surface area contributed by atoms with Crippen LogP contribution in [0.25, 0.3) is 0 Å². The first-order chi connectivity index (χ1) is 9.16. The highest BCUT2D eigenvalue weighted by atomic mass is 32.1. The molecule has 0 aromatic carbocycles. The topological polar surface area (TPSA) is 59.4 Å². The maximum absolute atomic E-state index is 10.6. The van der Waals surface area contributed by atoms with Crippen LogP contribution >= 0.6 is 11.3 Å². The standard InChI is InChI=1S/C14H21NO3S/c1-18-14(8-4-2-3-5-9-14)13-15-11(10-19-13)6-7-12(16)17/h10H,2-9H2,1H3,(H,16,17). The van der Waals surface area contributed by atoms with E-state index >= 15 is 0 Å². The second-order valence-corrected chi connectivity index (χ2v) is 6.01. The summed E-state index contributed by atoms with van der Waals surface area (Å²) >= 11 is 1.61. The van der Waals surface area contributed by atoms with Crippen molar-refractivity contribution in [2.24, 2.45) is 0 Å². The number of aliphatic carboxylic acids is 1. The molecule has 0 spiro atoms. The Morgan fingerprint density at radius 3 is 2.68 bits per heavy atom. The van der Waals surface area contributed by atoms with Crippen molar-refractivity contribution >= 4 is 17.3 Å². The number of carboxylic acid groups (broad SMARTS) is 1. The highest BCUT2D eigenvalue weighted by Gasteiger charge is 2.35. The van der Waals surface area contributed by atoms with Crippen molar-refractivity contribution in [3.8, 4) is 0 Å². The molecule has 1 fully saturated rings. The molecular formula is C14H21NO3S. The van der Waals surface area contributed by atoms with Crippen molar-refractivity contribution in [3.05, 3.63) is 16.1 Å². The van der Waals surface area contributed by atoms with Gasteiger partial charge in [-0.15, -0.1) is 11.3 Å². The molecule has 1 aliphatic carbocycles. The van der Waals surface area contributed by atoms with E-state index in [9.17, 15) is 4.79 Å². The molecule has 0 radical (unpaired) electrons. The molecule has 0 unspecified atom stereocenters. The minimum Gasteiger partial charge on any atom is -0.481 e. The molecule has 0 aliphatic heterocycles. The predicted octanol–water partition coefficient (Wildman–Crippen LogP) is 3.36. The number of aromatic nitrogens is 1. The Balaban J connectivity index is 2.11. The van der Waals surface area contributed by atoms with Gasteiger partial charge in [-0.25, -0.2) is 4.98 Å². The summed E-state index contributed by atoms with van der Waals surface area (Å²) in [5.74, 6) is -0.773. The second kappa shape index (κ2) is 6.48. The average molecular weight is 283 g/mol. The third-order valence-electron chi connectivity index (χ3n) is 3.84. The number of hydrogen-bond donors (Lipinski definition) is 1. The summed E-state index contributed by atoms with van der Waals surface area (Å²) in [4.78, 5) is 15.2. The van der Waals surface area contributed by atoms with Gasteiger partial charge >= 0.3 is 5.97 Å². The van der Waals surface area contributed by atoms with Crippen LogP contribution in [-0.2, 0) is 21.6 Å². The van der Waals surface area contributed by atoms with Gasteiger partial charge in [0, 0.05) is 18.9 Å². The van der Waals surface area contributed by atoms with Crippen LogP contribution in [0, 0.1) is 0 Å². The van der Waals surface area contributed by atoms with Gasteiger partial charge in [0.15, 0.2) is 0 Å². The second-order valence-electron chi connectivity index (χ2n) is 5.15. The number of carbonyl (C=O) groups is 1. The lowest BCUT2D eigenvalue weighted by Crippen LogP contribution is -2.27. The van der Waals surface area contributed by atoms with Crippen molar-refractivity contribution in [1.29, 1.82) is 0 Å². The van der Waals surface area contributed by atoms with Crippen molar-refractivity contribution in [2.45, 2.75) is 57.0 Å². The third-order valence-corrected chi connectivity index (χ3v) is 4.91. The largest absolute Gasteiger partial charge is 0.481 e. The number of carboxylic acids is 1. The summed E-state index contributed by atoms with van der Waals surface area (Å²) in [7, 11) is 1.77. The Morgan fingerprint density at radius 2 is 2.11 bits per heavy atom. The number of hydrogen-bond acceptors (Lipinski definition) is 4. The molecule has 0 bridgehead atoms. The van der Waals surface area contributed by atoms with Gasteiger partial charge in [0.1, 0.15) is 10.6 Å². The predicted molar refractivity (Wildman–Crippen MR) is 74.5 cm³/mol. The van der Waals surface area contributed by atoms with E-state index in [1.165, 1.54) is 25.7 Å². The Labute approximate surface area is 117 Å². The van der Waals surface area contributed by atoms with Gasteiger partial charge in [-0.1, -0.05) is 25.7 Å². The quantitative estimate of drug-likeness (QED) is 0.842. The maximum atomic E-state index is 10.6. The molecule has 1 aliphatic rings. The first-order valence-corrected chi connectivity index (χ1v) is 7.76. The van der Waals surface area contributed by atoms with Gasteiger partial charge in [0.05, 0.1) is 12.1 Å². The van der Waals surface area contributed by atoms with Gasteiger partial charge in [0.2, 0.25) is 0 Å². The molecule has 1 N–H and O–H groups in total. The van der Waals surface area contributed by atoms with Gasteiger partial charge in [-0.2, -0.15) is 0 Å². The summed E-state index contributed by atoms with van der Waals surface area (Å²) in [6.07, 6.45) is 7.58. The molecular weight excluding hydrogens is 262 g/mol. The van der Waals surface area contributed by atoms with Crippen LogP contribution in [0.1, 0.15) is 55.6 Å². The first kappa shape index (κ1) is 14.5. The zero-order valence-corrected chi connectivity index (χ0v) is 12.2. The fourth-order valence-corrected chi connectivity index (χ4v) is 3.76. The third kappa shape index (κ3) is 3.54. The number of aryl methyl sites for hydroxylation is 1. The zero-order chi connectivity index (χ0) is 13.7. The normalized spacial score (nSPS) is 19.0. The molecule has 1 aromatic rings. The molecule has 5 heteroatoms. The molecule has 19 heavy (non-hydrogen) atoms. The van der Waals surface area contributed by atoms with Crippen molar-refractivity contribution in [3.63, 3.8) is 0 Å². The van der Waals surface area contributed by atoms with Gasteiger partial charge in [0.25, 0.3) is 0 Å². The van der Waals surface area contributed by atoms with Gasteiger partial charge in [-0.05, 0) is 12.8 Å². The minimum atomic E-state index is -0.773. The maximum Gasteiger partial charge on any atom is 0.303 e. The van der Waals surface area contributed by atoms with E-state index in [-0.39, 0.29) is 12.0 Å². The molecule has 106 valence electrons. The number of rotatable bonds is 5. The molecule has 1 saturated carbocycles. The molecule has 1 aromatic heterocycles. The van der Waals surface area contributed by atoms with Crippen molar-refractivity contribution < 1.29 is 14.6 Å². The Bertz CT molecular complexity index is 422. The fourth-order valence-electron chi connectivity index (χ4n) is 2.67. The minimum absolute atomic E-state index is 0.142. The van der Waals surface area contributed by atoms with Crippen LogP contribution in [0.15, 0.2) is 5.38 Å². The van der Waals surface area contributed by atoms with E-state index in [1.807, 2.05) is 5.38 Å². The molecule has 2 rings (SSSR count). The number of nitrogens with zero attached hydrogens (tertiary/aromatic N) is 1. The van der Waals surface area contributed by atoms with Crippen LogP contribution in [0.5, 0.6) is 0 Å². The first-order valence-electron chi connectivity index (χ1n) is 6.88. The molecule has 0 saturated heterocycles. The molecule has 0 atom stereocenters. The lowest BCUT2D eigenvalue weighted by Gasteiger charge is -2.29.